The fourth-order valence-electron chi connectivity index (χ4n) is 1.55. The van der Waals surface area contributed by atoms with Crippen molar-refractivity contribution in [2.45, 2.75) is 45.0 Å². The molecule has 0 radical (unpaired) electrons. The molecule has 0 bridgehead atoms. The molecule has 0 aliphatic heterocycles. The molecule has 1 unspecified atom stereocenters. The molecule has 0 aliphatic carbocycles. The van der Waals surface area contributed by atoms with Gasteiger partial charge in [-0.25, -0.2) is 9.78 Å². The molecular weight excluding hydrogens is 351 g/mol. The Morgan fingerprint density at radius 1 is 1.29 bits per heavy atom. The Hall–Kier alpha value is -2.03. The molecule has 10 heteroatoms. The van der Waals surface area contributed by atoms with Crippen LogP contribution in [0.3, 0.4) is 0 Å². The number of carbonyl (C=O) groups excluding carboxylic acids is 2. The van der Waals surface area contributed by atoms with Crippen molar-refractivity contribution in [2.24, 2.45) is 0 Å². The van der Waals surface area contributed by atoms with Crippen molar-refractivity contribution < 1.29 is 27.5 Å². The number of rotatable bonds is 4. The maximum atomic E-state index is 12.6. The first-order valence-corrected chi connectivity index (χ1v) is 7.22. The van der Waals surface area contributed by atoms with E-state index in [1.54, 1.807) is 20.8 Å². The third-order valence-electron chi connectivity index (χ3n) is 2.42. The number of alkyl halides is 3. The first kappa shape index (κ1) is 20.0. The molecule has 0 saturated heterocycles. The molecule has 2 amide bonds. The summed E-state index contributed by atoms with van der Waals surface area (Å²) < 4.78 is 42.8. The minimum absolute atomic E-state index is 0.00237. The second-order valence-corrected chi connectivity index (χ2v) is 6.31. The van der Waals surface area contributed by atoms with E-state index < -0.39 is 36.2 Å². The first-order valence-electron chi connectivity index (χ1n) is 6.84. The van der Waals surface area contributed by atoms with Crippen molar-refractivity contribution in [1.29, 1.82) is 0 Å². The molecule has 1 rings (SSSR count). The normalized spacial score (nSPS) is 13.1. The Labute approximate surface area is 141 Å². The molecule has 0 aromatic carbocycles. The molecule has 1 heterocycles. The predicted octanol–water partition coefficient (Wildman–Crippen LogP) is 3.52. The molecule has 1 aromatic heterocycles. The molecule has 6 nitrogen and oxygen atoms in total. The lowest BCUT2D eigenvalue weighted by atomic mass is 10.2. The number of aromatic nitrogens is 1. The van der Waals surface area contributed by atoms with Crippen molar-refractivity contribution in [3.8, 4) is 0 Å². The van der Waals surface area contributed by atoms with Gasteiger partial charge in [0, 0.05) is 6.20 Å². The maximum absolute atomic E-state index is 12.6. The summed E-state index contributed by atoms with van der Waals surface area (Å²) in [6, 6.07) is 0.861. The van der Waals surface area contributed by atoms with Gasteiger partial charge in [0.05, 0.1) is 11.4 Å². The van der Waals surface area contributed by atoms with E-state index in [1.807, 2.05) is 5.32 Å². The Morgan fingerprint density at radius 3 is 2.38 bits per heavy atom. The molecule has 1 aromatic rings. The number of halogens is 4. The highest BCUT2D eigenvalue weighted by Crippen LogP contribution is 2.22. The lowest BCUT2D eigenvalue weighted by molar-refractivity contribution is -0.147. The Kier molecular flexibility index (Phi) is 6.42. The van der Waals surface area contributed by atoms with Gasteiger partial charge in [0.1, 0.15) is 17.5 Å². The third kappa shape index (κ3) is 8.00. The number of nitrogens with one attached hydrogen (secondary N) is 2. The van der Waals surface area contributed by atoms with Gasteiger partial charge in [-0.15, -0.1) is 0 Å². The summed E-state index contributed by atoms with van der Waals surface area (Å²) in [6.45, 7) is 4.63. The second-order valence-electron chi connectivity index (χ2n) is 5.87. The molecule has 24 heavy (non-hydrogen) atoms. The zero-order valence-corrected chi connectivity index (χ0v) is 14.0. The second kappa shape index (κ2) is 7.69. The number of hydrogen-bond acceptors (Lipinski definition) is 4. The van der Waals surface area contributed by atoms with Gasteiger partial charge in [0.25, 0.3) is 0 Å². The minimum Gasteiger partial charge on any atom is -0.444 e. The molecule has 0 saturated carbocycles. The van der Waals surface area contributed by atoms with Crippen LogP contribution in [0.2, 0.25) is 5.02 Å². The number of amides is 2. The summed E-state index contributed by atoms with van der Waals surface area (Å²) in [5, 5.41) is 4.39. The van der Waals surface area contributed by atoms with Gasteiger partial charge in [-0.05, 0) is 32.9 Å². The largest absolute Gasteiger partial charge is 0.444 e. The highest BCUT2D eigenvalue weighted by molar-refractivity contribution is 6.30. The van der Waals surface area contributed by atoms with Gasteiger partial charge < -0.3 is 15.4 Å². The van der Waals surface area contributed by atoms with Crippen LogP contribution in [0.15, 0.2) is 18.3 Å². The number of ether oxygens (including phenoxy) is 1. The van der Waals surface area contributed by atoms with E-state index in [0.717, 1.165) is 0 Å². The summed E-state index contributed by atoms with van der Waals surface area (Å²) >= 11 is 5.63. The van der Waals surface area contributed by atoms with Gasteiger partial charge in [0.2, 0.25) is 5.91 Å². The van der Waals surface area contributed by atoms with Crippen LogP contribution in [0.25, 0.3) is 0 Å². The summed E-state index contributed by atoms with van der Waals surface area (Å²) in [5.74, 6) is -1.07. The van der Waals surface area contributed by atoms with E-state index in [4.69, 9.17) is 16.3 Å². The van der Waals surface area contributed by atoms with Crippen LogP contribution < -0.4 is 10.6 Å². The smallest absolute Gasteiger partial charge is 0.408 e. The fourth-order valence-corrected chi connectivity index (χ4v) is 1.67. The van der Waals surface area contributed by atoms with Gasteiger partial charge in [-0.1, -0.05) is 11.6 Å². The van der Waals surface area contributed by atoms with Crippen molar-refractivity contribution in [1.82, 2.24) is 10.3 Å². The van der Waals surface area contributed by atoms with Crippen LogP contribution in [0, 0.1) is 0 Å². The average molecular weight is 368 g/mol. The van der Waals surface area contributed by atoms with Crippen molar-refractivity contribution >= 4 is 29.4 Å². The number of nitrogens with zero attached hydrogens (tertiary/aromatic N) is 1. The Balaban J connectivity index is 2.82. The first-order chi connectivity index (χ1) is 10.9. The molecule has 1 atom stereocenters. The van der Waals surface area contributed by atoms with Crippen LogP contribution in [-0.2, 0) is 9.53 Å². The molecular formula is C14H17ClF3N3O3. The molecule has 0 spiro atoms. The SMILES string of the molecule is CC(C)(C)OC(=O)NC(CC(F)(F)F)C(=O)Nc1ccc(Cl)cn1. The Morgan fingerprint density at radius 2 is 1.92 bits per heavy atom. The number of alkyl carbamates (subject to hydrolysis) is 1. The van der Waals surface area contributed by atoms with Gasteiger partial charge in [0.15, 0.2) is 0 Å². The summed E-state index contributed by atoms with van der Waals surface area (Å²) in [5.41, 5.74) is -0.916. The standard InChI is InChI=1S/C14H17ClF3N3O3/c1-13(2,3)24-12(23)20-9(6-14(16,17)18)11(22)21-10-5-4-8(15)7-19-10/h4-5,7,9H,6H2,1-3H3,(H,20,23)(H,19,21,22). The van der Waals surface area contributed by atoms with E-state index in [1.165, 1.54) is 18.3 Å². The number of anilines is 1. The van der Waals surface area contributed by atoms with Crippen LogP contribution >= 0.6 is 11.6 Å². The van der Waals surface area contributed by atoms with Crippen LogP contribution in [0.5, 0.6) is 0 Å². The van der Waals surface area contributed by atoms with Crippen molar-refractivity contribution in [3.05, 3.63) is 23.4 Å². The van der Waals surface area contributed by atoms with E-state index in [-0.39, 0.29) is 5.82 Å². The van der Waals surface area contributed by atoms with Crippen molar-refractivity contribution in [3.63, 3.8) is 0 Å². The van der Waals surface area contributed by atoms with E-state index in [0.29, 0.717) is 5.02 Å². The fraction of sp³-hybridized carbons (Fsp3) is 0.500. The van der Waals surface area contributed by atoms with E-state index >= 15 is 0 Å². The lowest BCUT2D eigenvalue weighted by Crippen LogP contribution is -2.47. The van der Waals surface area contributed by atoms with Crippen LogP contribution in [0.4, 0.5) is 23.8 Å². The molecule has 0 aliphatic rings. The average Bonchev–Trinajstić information content (AvgIpc) is 2.36. The predicted molar refractivity (Wildman–Crippen MR) is 81.7 cm³/mol. The van der Waals surface area contributed by atoms with Gasteiger partial charge in [-0.2, -0.15) is 13.2 Å². The molecule has 0 fully saturated rings. The monoisotopic (exact) mass is 367 g/mol. The van der Waals surface area contributed by atoms with Gasteiger partial charge >= 0.3 is 12.3 Å². The van der Waals surface area contributed by atoms with Crippen LogP contribution in [-0.4, -0.2) is 34.8 Å². The van der Waals surface area contributed by atoms with E-state index in [2.05, 4.69) is 10.3 Å². The zero-order chi connectivity index (χ0) is 18.5. The minimum atomic E-state index is -4.66. The number of carbonyl (C=O) groups is 2. The topological polar surface area (TPSA) is 80.3 Å². The molecule has 2 N–H and O–H groups in total. The van der Waals surface area contributed by atoms with Crippen molar-refractivity contribution in [2.75, 3.05) is 5.32 Å². The number of pyridine rings is 1. The quantitative estimate of drug-likeness (QED) is 0.853. The highest BCUT2D eigenvalue weighted by atomic mass is 35.5. The number of hydrogen-bond donors (Lipinski definition) is 2. The van der Waals surface area contributed by atoms with Crippen LogP contribution in [0.1, 0.15) is 27.2 Å². The maximum Gasteiger partial charge on any atom is 0.408 e. The summed E-state index contributed by atoms with van der Waals surface area (Å²) in [6.07, 6.45) is -6.12. The summed E-state index contributed by atoms with van der Waals surface area (Å²) in [4.78, 5) is 27.4. The van der Waals surface area contributed by atoms with E-state index in [9.17, 15) is 22.8 Å². The van der Waals surface area contributed by atoms with Gasteiger partial charge in [-0.3, -0.25) is 4.79 Å². The lowest BCUT2D eigenvalue weighted by Gasteiger charge is -2.23. The Bertz CT molecular complexity index is 586. The summed E-state index contributed by atoms with van der Waals surface area (Å²) in [7, 11) is 0. The highest BCUT2D eigenvalue weighted by Gasteiger charge is 2.37. The zero-order valence-electron chi connectivity index (χ0n) is 13.2. The molecule has 134 valence electrons. The third-order valence-corrected chi connectivity index (χ3v) is 2.65.